The summed E-state index contributed by atoms with van der Waals surface area (Å²) < 4.78 is 28.7. The monoisotopic (exact) mass is 358 g/mol. The molecule has 0 aromatic heterocycles. The lowest BCUT2D eigenvalue weighted by molar-refractivity contribution is 0.201. The standard InChI is InChI=1S/C19H22N2O3S/c1-15(17-6-10-19(11-7-17)25(3,22)23)21(2)12-13-24-18-8-4-16(14-20)5-9-18/h4-11,15H,12-13H2,1-3H3. The molecule has 0 aliphatic carbocycles. The summed E-state index contributed by atoms with van der Waals surface area (Å²) in [4.78, 5) is 2.47. The summed E-state index contributed by atoms with van der Waals surface area (Å²) in [6, 6.07) is 16.2. The Labute approximate surface area is 149 Å². The highest BCUT2D eigenvalue weighted by molar-refractivity contribution is 7.90. The predicted octanol–water partition coefficient (Wildman–Crippen LogP) is 3.03. The largest absolute Gasteiger partial charge is 0.492 e. The minimum Gasteiger partial charge on any atom is -0.492 e. The fourth-order valence-corrected chi connectivity index (χ4v) is 3.01. The predicted molar refractivity (Wildman–Crippen MR) is 97.2 cm³/mol. The van der Waals surface area contributed by atoms with Gasteiger partial charge in [0.15, 0.2) is 9.84 Å². The van der Waals surface area contributed by atoms with Crippen LogP contribution in [0.25, 0.3) is 0 Å². The van der Waals surface area contributed by atoms with Gasteiger partial charge in [-0.3, -0.25) is 4.90 Å². The van der Waals surface area contributed by atoms with Gasteiger partial charge in [-0.05, 0) is 55.9 Å². The van der Waals surface area contributed by atoms with E-state index in [0.717, 1.165) is 17.9 Å². The molecular formula is C19H22N2O3S. The maximum atomic E-state index is 11.5. The van der Waals surface area contributed by atoms with E-state index in [0.29, 0.717) is 17.1 Å². The molecule has 0 spiro atoms. The van der Waals surface area contributed by atoms with Crippen LogP contribution >= 0.6 is 0 Å². The van der Waals surface area contributed by atoms with Crippen LogP contribution in [-0.2, 0) is 9.84 Å². The number of nitriles is 1. The minimum atomic E-state index is -3.17. The van der Waals surface area contributed by atoms with Gasteiger partial charge in [-0.25, -0.2) is 8.42 Å². The second kappa shape index (κ2) is 8.15. The van der Waals surface area contributed by atoms with Gasteiger partial charge in [-0.2, -0.15) is 5.26 Å². The first kappa shape index (κ1) is 19.0. The second-order valence-corrected chi connectivity index (χ2v) is 8.00. The topological polar surface area (TPSA) is 70.4 Å². The van der Waals surface area contributed by atoms with Crippen molar-refractivity contribution in [3.05, 3.63) is 59.7 Å². The molecule has 0 aliphatic rings. The molecule has 0 bridgehead atoms. The Morgan fingerprint density at radius 1 is 1.12 bits per heavy atom. The summed E-state index contributed by atoms with van der Waals surface area (Å²) >= 11 is 0. The van der Waals surface area contributed by atoms with Crippen LogP contribution in [0.5, 0.6) is 5.75 Å². The van der Waals surface area contributed by atoms with E-state index in [2.05, 4.69) is 17.9 Å². The molecule has 25 heavy (non-hydrogen) atoms. The summed E-state index contributed by atoms with van der Waals surface area (Å²) in [5.74, 6) is 0.734. The number of hydrogen-bond donors (Lipinski definition) is 0. The smallest absolute Gasteiger partial charge is 0.175 e. The number of likely N-dealkylation sites (N-methyl/N-ethyl adjacent to an activating group) is 1. The van der Waals surface area contributed by atoms with Gasteiger partial charge in [-0.1, -0.05) is 12.1 Å². The number of rotatable bonds is 7. The molecule has 0 heterocycles. The Kier molecular flexibility index (Phi) is 6.18. The van der Waals surface area contributed by atoms with Crippen LogP contribution in [0.15, 0.2) is 53.4 Å². The van der Waals surface area contributed by atoms with Gasteiger partial charge < -0.3 is 4.74 Å². The molecule has 132 valence electrons. The zero-order valence-electron chi connectivity index (χ0n) is 14.6. The van der Waals surface area contributed by atoms with Gasteiger partial charge in [0.05, 0.1) is 16.5 Å². The first-order valence-electron chi connectivity index (χ1n) is 7.94. The summed E-state index contributed by atoms with van der Waals surface area (Å²) in [6.45, 7) is 3.31. The van der Waals surface area contributed by atoms with E-state index < -0.39 is 9.84 Å². The van der Waals surface area contributed by atoms with Crippen molar-refractivity contribution in [3.63, 3.8) is 0 Å². The fourth-order valence-electron chi connectivity index (χ4n) is 2.37. The average Bonchev–Trinajstić information content (AvgIpc) is 2.61. The molecule has 0 aliphatic heterocycles. The number of sulfone groups is 1. The van der Waals surface area contributed by atoms with E-state index in [1.807, 2.05) is 19.2 Å². The van der Waals surface area contributed by atoms with E-state index in [1.165, 1.54) is 6.26 Å². The lowest BCUT2D eigenvalue weighted by Crippen LogP contribution is -2.27. The molecule has 0 N–H and O–H groups in total. The number of ether oxygens (including phenoxy) is 1. The van der Waals surface area contributed by atoms with Crippen molar-refractivity contribution in [2.45, 2.75) is 17.9 Å². The molecule has 0 saturated carbocycles. The highest BCUT2D eigenvalue weighted by Crippen LogP contribution is 2.20. The molecule has 5 nitrogen and oxygen atoms in total. The molecule has 6 heteroatoms. The third-order valence-corrected chi connectivity index (χ3v) is 5.28. The van der Waals surface area contributed by atoms with Crippen molar-refractivity contribution in [1.82, 2.24) is 4.90 Å². The maximum absolute atomic E-state index is 11.5. The van der Waals surface area contributed by atoms with Gasteiger partial charge in [0.2, 0.25) is 0 Å². The fraction of sp³-hybridized carbons (Fsp3) is 0.316. The van der Waals surface area contributed by atoms with Crippen molar-refractivity contribution in [2.75, 3.05) is 26.5 Å². The second-order valence-electron chi connectivity index (χ2n) is 5.98. The van der Waals surface area contributed by atoms with Crippen LogP contribution in [0.1, 0.15) is 24.1 Å². The highest BCUT2D eigenvalue weighted by Gasteiger charge is 2.13. The Morgan fingerprint density at radius 2 is 1.72 bits per heavy atom. The molecule has 2 aromatic carbocycles. The third-order valence-electron chi connectivity index (χ3n) is 4.15. The molecule has 0 radical (unpaired) electrons. The Balaban J connectivity index is 1.89. The first-order chi connectivity index (χ1) is 11.8. The zero-order chi connectivity index (χ0) is 18.4. The number of benzene rings is 2. The van der Waals surface area contributed by atoms with Crippen LogP contribution in [0.3, 0.4) is 0 Å². The van der Waals surface area contributed by atoms with Crippen LogP contribution in [0.4, 0.5) is 0 Å². The van der Waals surface area contributed by atoms with Crippen LogP contribution in [0, 0.1) is 11.3 Å². The van der Waals surface area contributed by atoms with Crippen molar-refractivity contribution in [1.29, 1.82) is 5.26 Å². The van der Waals surface area contributed by atoms with E-state index in [4.69, 9.17) is 10.00 Å². The SMILES string of the molecule is CC(c1ccc(S(C)(=O)=O)cc1)N(C)CCOc1ccc(C#N)cc1. The molecule has 2 aromatic rings. The molecule has 0 fully saturated rings. The van der Waals surface area contributed by atoms with E-state index in [9.17, 15) is 8.42 Å². The van der Waals surface area contributed by atoms with Gasteiger partial charge in [-0.15, -0.1) is 0 Å². The normalized spacial score (nSPS) is 12.6. The van der Waals surface area contributed by atoms with Crippen molar-refractivity contribution in [3.8, 4) is 11.8 Å². The van der Waals surface area contributed by atoms with Crippen LogP contribution < -0.4 is 4.74 Å². The van der Waals surface area contributed by atoms with E-state index in [1.54, 1.807) is 36.4 Å². The number of nitrogens with zero attached hydrogens (tertiary/aromatic N) is 2. The summed E-state index contributed by atoms with van der Waals surface area (Å²) in [5, 5.41) is 8.78. The van der Waals surface area contributed by atoms with Gasteiger partial charge in [0.25, 0.3) is 0 Å². The molecule has 1 atom stereocenters. The Hall–Kier alpha value is -2.36. The molecular weight excluding hydrogens is 336 g/mol. The molecule has 0 saturated heterocycles. The number of hydrogen-bond acceptors (Lipinski definition) is 5. The molecule has 1 unspecified atom stereocenters. The van der Waals surface area contributed by atoms with Crippen molar-refractivity contribution >= 4 is 9.84 Å². The van der Waals surface area contributed by atoms with Gasteiger partial charge in [0, 0.05) is 18.8 Å². The first-order valence-corrected chi connectivity index (χ1v) is 9.83. The van der Waals surface area contributed by atoms with Gasteiger partial charge in [0.1, 0.15) is 12.4 Å². The molecule has 2 rings (SSSR count). The van der Waals surface area contributed by atoms with Crippen molar-refractivity contribution in [2.24, 2.45) is 0 Å². The van der Waals surface area contributed by atoms with Crippen LogP contribution in [-0.4, -0.2) is 39.8 Å². The Bertz CT molecular complexity index is 838. The Morgan fingerprint density at radius 3 is 2.24 bits per heavy atom. The average molecular weight is 358 g/mol. The lowest BCUT2D eigenvalue weighted by atomic mass is 10.1. The summed E-state index contributed by atoms with van der Waals surface area (Å²) in [6.07, 6.45) is 1.21. The summed E-state index contributed by atoms with van der Waals surface area (Å²) in [7, 11) is -1.17. The summed E-state index contributed by atoms with van der Waals surface area (Å²) in [5.41, 5.74) is 1.66. The quantitative estimate of drug-likeness (QED) is 0.761. The zero-order valence-corrected chi connectivity index (χ0v) is 15.5. The van der Waals surface area contributed by atoms with Crippen molar-refractivity contribution < 1.29 is 13.2 Å². The van der Waals surface area contributed by atoms with E-state index in [-0.39, 0.29) is 6.04 Å². The minimum absolute atomic E-state index is 0.137. The van der Waals surface area contributed by atoms with Gasteiger partial charge >= 0.3 is 0 Å². The van der Waals surface area contributed by atoms with Crippen LogP contribution in [0.2, 0.25) is 0 Å². The third kappa shape index (κ3) is 5.31. The highest BCUT2D eigenvalue weighted by atomic mass is 32.2. The van der Waals surface area contributed by atoms with E-state index >= 15 is 0 Å². The lowest BCUT2D eigenvalue weighted by Gasteiger charge is -2.25. The maximum Gasteiger partial charge on any atom is 0.175 e. The molecule has 0 amide bonds.